The topological polar surface area (TPSA) is 97.0 Å². The zero-order valence-electron chi connectivity index (χ0n) is 21.9. The summed E-state index contributed by atoms with van der Waals surface area (Å²) in [6.45, 7) is 0. The summed E-state index contributed by atoms with van der Waals surface area (Å²) in [6.07, 6.45) is 3.95. The number of ether oxygens (including phenoxy) is 1. The molecule has 1 N–H and O–H groups in total. The number of rotatable bonds is 6. The molecule has 0 saturated heterocycles. The number of aromatic nitrogens is 2. The van der Waals surface area contributed by atoms with E-state index in [1.54, 1.807) is 28.8 Å². The number of nitrogens with one attached hydrogen (secondary N) is 1. The van der Waals surface area contributed by atoms with Crippen molar-refractivity contribution >= 4 is 40.2 Å². The summed E-state index contributed by atoms with van der Waals surface area (Å²) < 4.78 is 50.3. The van der Waals surface area contributed by atoms with Crippen LogP contribution < -0.4 is 5.32 Å². The molecule has 3 aromatic carbocycles. The second-order valence-corrected chi connectivity index (χ2v) is 10.3. The lowest BCUT2D eigenvalue weighted by Crippen LogP contribution is -2.34. The molecule has 1 aliphatic carbocycles. The summed E-state index contributed by atoms with van der Waals surface area (Å²) in [6, 6.07) is 11.4. The fraction of sp³-hybridized carbons (Fsp3) is 0.267. The minimum atomic E-state index is -1.11. The Morgan fingerprint density at radius 1 is 1.05 bits per heavy atom. The van der Waals surface area contributed by atoms with Gasteiger partial charge in [0.15, 0.2) is 11.6 Å². The lowest BCUT2D eigenvalue weighted by atomic mass is 9.83. The van der Waals surface area contributed by atoms with Crippen molar-refractivity contribution in [1.82, 2.24) is 9.55 Å². The lowest BCUT2D eigenvalue weighted by molar-refractivity contribution is -0.121. The van der Waals surface area contributed by atoms with Gasteiger partial charge in [0.25, 0.3) is 0 Å². The molecule has 4 aromatic rings. The molecule has 1 aromatic heterocycles. The molecule has 41 heavy (non-hydrogen) atoms. The molecule has 210 valence electrons. The Morgan fingerprint density at radius 3 is 2.39 bits per heavy atom. The normalized spacial score (nSPS) is 14.4. The number of nitrogens with zero attached hydrogens (tertiary/aromatic N) is 3. The van der Waals surface area contributed by atoms with Crippen LogP contribution in [0, 0.1) is 34.7 Å². The Labute approximate surface area is 238 Å². The smallest absolute Gasteiger partial charge is 0.337 e. The maximum atomic E-state index is 15.2. The van der Waals surface area contributed by atoms with Gasteiger partial charge in [-0.3, -0.25) is 4.79 Å². The molecule has 1 aliphatic rings. The van der Waals surface area contributed by atoms with E-state index >= 15 is 4.39 Å². The predicted molar refractivity (Wildman–Crippen MR) is 147 cm³/mol. The Hall–Kier alpha value is -4.36. The van der Waals surface area contributed by atoms with Gasteiger partial charge >= 0.3 is 5.97 Å². The minimum absolute atomic E-state index is 0.133. The van der Waals surface area contributed by atoms with Crippen molar-refractivity contribution in [3.05, 3.63) is 82.1 Å². The predicted octanol–water partition coefficient (Wildman–Crippen LogP) is 7.19. The van der Waals surface area contributed by atoms with Crippen molar-refractivity contribution in [2.45, 2.75) is 38.1 Å². The zero-order chi connectivity index (χ0) is 29.3. The SMILES string of the molecule is COC(=O)c1cc(F)c(NC(=O)C(C2CCCCC2)n2c(-c3ccc(Cl)cc3)nc3cc(F)c(F)cc32)c(C#N)c1. The molecule has 0 spiro atoms. The van der Waals surface area contributed by atoms with E-state index in [4.69, 9.17) is 11.6 Å². The first-order valence-electron chi connectivity index (χ1n) is 13.0. The molecule has 5 rings (SSSR count). The monoisotopic (exact) mass is 580 g/mol. The Morgan fingerprint density at radius 2 is 1.73 bits per heavy atom. The van der Waals surface area contributed by atoms with Crippen LogP contribution in [0.3, 0.4) is 0 Å². The largest absolute Gasteiger partial charge is 0.465 e. The second-order valence-electron chi connectivity index (χ2n) is 9.88. The van der Waals surface area contributed by atoms with Crippen LogP contribution >= 0.6 is 11.6 Å². The molecule has 1 amide bonds. The molecule has 11 heteroatoms. The van der Waals surface area contributed by atoms with Crippen LogP contribution in [0.15, 0.2) is 48.5 Å². The molecule has 1 atom stereocenters. The van der Waals surface area contributed by atoms with Crippen LogP contribution in [0.5, 0.6) is 0 Å². The first-order valence-corrected chi connectivity index (χ1v) is 13.4. The van der Waals surface area contributed by atoms with E-state index in [2.05, 4.69) is 15.0 Å². The third-order valence-electron chi connectivity index (χ3n) is 7.36. The number of imidazole rings is 1. The third kappa shape index (κ3) is 5.50. The molecule has 1 fully saturated rings. The summed E-state index contributed by atoms with van der Waals surface area (Å²) in [5.74, 6) is -4.70. The number of benzene rings is 3. The highest BCUT2D eigenvalue weighted by Crippen LogP contribution is 2.40. The number of amides is 1. The highest BCUT2D eigenvalue weighted by Gasteiger charge is 2.35. The van der Waals surface area contributed by atoms with Crippen molar-refractivity contribution in [2.24, 2.45) is 5.92 Å². The number of hydrogen-bond donors (Lipinski definition) is 1. The summed E-state index contributed by atoms with van der Waals surface area (Å²) in [5.41, 5.74) is -0.00318. The Kier molecular flexibility index (Phi) is 7.99. The number of halogens is 4. The van der Waals surface area contributed by atoms with E-state index in [1.165, 1.54) is 0 Å². The number of anilines is 1. The maximum absolute atomic E-state index is 15.2. The Balaban J connectivity index is 1.69. The van der Waals surface area contributed by atoms with Crippen LogP contribution in [0.4, 0.5) is 18.9 Å². The number of nitriles is 1. The van der Waals surface area contributed by atoms with Gasteiger partial charge in [-0.25, -0.2) is 22.9 Å². The first kappa shape index (κ1) is 28.2. The van der Waals surface area contributed by atoms with Crippen molar-refractivity contribution in [2.75, 3.05) is 12.4 Å². The van der Waals surface area contributed by atoms with Crippen LogP contribution in [0.25, 0.3) is 22.4 Å². The average molecular weight is 581 g/mol. The molecule has 0 radical (unpaired) electrons. The van der Waals surface area contributed by atoms with Crippen molar-refractivity contribution in [3.63, 3.8) is 0 Å². The standard InChI is InChI=1S/C30H24ClF3N4O3/c1-41-30(40)18-11-19(15-35)26(23(34)12-18)37-29(39)27(16-5-3-2-4-6-16)38-25-14-22(33)21(32)13-24(25)36-28(38)17-7-9-20(31)10-8-17/h7-14,16,27H,2-6H2,1H3,(H,37,39). The van der Waals surface area contributed by atoms with Gasteiger partial charge in [-0.05, 0) is 55.2 Å². The molecular weight excluding hydrogens is 557 g/mol. The van der Waals surface area contributed by atoms with Crippen LogP contribution in [0.1, 0.15) is 54.1 Å². The van der Waals surface area contributed by atoms with Gasteiger partial charge < -0.3 is 14.6 Å². The molecular formula is C30H24ClF3N4O3. The van der Waals surface area contributed by atoms with Crippen molar-refractivity contribution in [1.29, 1.82) is 5.26 Å². The summed E-state index contributed by atoms with van der Waals surface area (Å²) in [4.78, 5) is 30.6. The van der Waals surface area contributed by atoms with E-state index in [0.717, 1.165) is 50.6 Å². The number of methoxy groups -OCH3 is 1. The van der Waals surface area contributed by atoms with E-state index in [1.807, 2.05) is 6.07 Å². The Bertz CT molecular complexity index is 1690. The molecule has 0 aliphatic heterocycles. The second kappa shape index (κ2) is 11.6. The van der Waals surface area contributed by atoms with Gasteiger partial charge in [-0.2, -0.15) is 5.26 Å². The molecule has 1 saturated carbocycles. The molecule has 7 nitrogen and oxygen atoms in total. The van der Waals surface area contributed by atoms with E-state index in [9.17, 15) is 23.6 Å². The molecule has 1 unspecified atom stereocenters. The highest BCUT2D eigenvalue weighted by molar-refractivity contribution is 6.30. The average Bonchev–Trinajstić information content (AvgIpc) is 3.32. The quantitative estimate of drug-likeness (QED) is 0.243. The van der Waals surface area contributed by atoms with Crippen LogP contribution in [-0.2, 0) is 9.53 Å². The number of carbonyl (C=O) groups excluding carboxylic acids is 2. The number of carbonyl (C=O) groups is 2. The fourth-order valence-corrected chi connectivity index (χ4v) is 5.55. The first-order chi connectivity index (χ1) is 19.7. The van der Waals surface area contributed by atoms with Gasteiger partial charge in [0.05, 0.1) is 35.0 Å². The van der Waals surface area contributed by atoms with Gasteiger partial charge in [0.2, 0.25) is 5.91 Å². The fourth-order valence-electron chi connectivity index (χ4n) is 5.42. The van der Waals surface area contributed by atoms with Gasteiger partial charge in [0.1, 0.15) is 23.8 Å². The minimum Gasteiger partial charge on any atom is -0.465 e. The molecule has 0 bridgehead atoms. The number of fused-ring (bicyclic) bond motifs is 1. The van der Waals surface area contributed by atoms with E-state index in [0.29, 0.717) is 23.4 Å². The maximum Gasteiger partial charge on any atom is 0.337 e. The van der Waals surface area contributed by atoms with Gasteiger partial charge in [-0.15, -0.1) is 0 Å². The number of esters is 1. The highest BCUT2D eigenvalue weighted by atomic mass is 35.5. The summed E-state index contributed by atoms with van der Waals surface area (Å²) in [5, 5.41) is 12.7. The van der Waals surface area contributed by atoms with Gasteiger partial charge in [-0.1, -0.05) is 30.9 Å². The van der Waals surface area contributed by atoms with Crippen LogP contribution in [-0.4, -0.2) is 28.5 Å². The van der Waals surface area contributed by atoms with Gasteiger partial charge in [0, 0.05) is 22.7 Å². The van der Waals surface area contributed by atoms with E-state index < -0.39 is 41.1 Å². The van der Waals surface area contributed by atoms with E-state index in [-0.39, 0.29) is 33.9 Å². The lowest BCUT2D eigenvalue weighted by Gasteiger charge is -2.32. The van der Waals surface area contributed by atoms with Crippen molar-refractivity contribution in [3.8, 4) is 17.5 Å². The van der Waals surface area contributed by atoms with Crippen molar-refractivity contribution < 1.29 is 27.5 Å². The van der Waals surface area contributed by atoms with Crippen LogP contribution in [0.2, 0.25) is 5.02 Å². The third-order valence-corrected chi connectivity index (χ3v) is 7.61. The summed E-state index contributed by atoms with van der Waals surface area (Å²) >= 11 is 6.09. The molecule has 1 heterocycles. The zero-order valence-corrected chi connectivity index (χ0v) is 22.6. The number of hydrogen-bond acceptors (Lipinski definition) is 5. The summed E-state index contributed by atoms with van der Waals surface area (Å²) in [7, 11) is 1.12.